The van der Waals surface area contributed by atoms with Gasteiger partial charge in [0.1, 0.15) is 5.60 Å². The first-order chi connectivity index (χ1) is 7.37. The lowest BCUT2D eigenvalue weighted by Gasteiger charge is -2.46. The number of piperidine rings is 2. The van der Waals surface area contributed by atoms with E-state index in [1.807, 2.05) is 25.7 Å². The van der Waals surface area contributed by atoms with Gasteiger partial charge < -0.3 is 9.64 Å². The Bertz CT molecular complexity index is 316. The largest absolute Gasteiger partial charge is 0.444 e. The highest BCUT2D eigenvalue weighted by atomic mass is 16.6. The fourth-order valence-electron chi connectivity index (χ4n) is 2.59. The topological polar surface area (TPSA) is 29.5 Å². The molecule has 2 heterocycles. The minimum absolute atomic E-state index is 0.158. The molecule has 2 aliphatic heterocycles. The molecule has 0 radical (unpaired) electrons. The van der Waals surface area contributed by atoms with Gasteiger partial charge in [0.2, 0.25) is 0 Å². The summed E-state index contributed by atoms with van der Waals surface area (Å²) in [5.74, 6) is 0.498. The number of ether oxygens (including phenoxy) is 1. The van der Waals surface area contributed by atoms with E-state index in [9.17, 15) is 4.79 Å². The highest BCUT2D eigenvalue weighted by Gasteiger charge is 2.39. The maximum Gasteiger partial charge on any atom is 0.410 e. The molecule has 3 nitrogen and oxygen atoms in total. The maximum absolute atomic E-state index is 12.0. The lowest BCUT2D eigenvalue weighted by atomic mass is 9.77. The molecule has 2 bridgehead atoms. The Balaban J connectivity index is 2.02. The number of nitrogens with zero attached hydrogens (tertiary/aromatic N) is 1. The Morgan fingerprint density at radius 2 is 2.12 bits per heavy atom. The Hall–Kier alpha value is -0.990. The predicted molar refractivity (Wildman–Crippen MR) is 63.2 cm³/mol. The summed E-state index contributed by atoms with van der Waals surface area (Å²) < 4.78 is 5.42. The average Bonchev–Trinajstić information content (AvgIpc) is 2.15. The van der Waals surface area contributed by atoms with Crippen LogP contribution in [0.25, 0.3) is 0 Å². The third-order valence-corrected chi connectivity index (χ3v) is 3.41. The zero-order chi connectivity index (χ0) is 11.9. The number of rotatable bonds is 0. The molecule has 3 fully saturated rings. The van der Waals surface area contributed by atoms with Crippen LogP contribution in [0.3, 0.4) is 0 Å². The second-order valence-corrected chi connectivity index (χ2v) is 5.92. The molecular weight excluding hydrogens is 202 g/mol. The van der Waals surface area contributed by atoms with E-state index in [0.29, 0.717) is 12.0 Å². The molecule has 90 valence electrons. The van der Waals surface area contributed by atoms with Gasteiger partial charge in [-0.1, -0.05) is 12.2 Å². The van der Waals surface area contributed by atoms with Crippen LogP contribution in [0.1, 0.15) is 40.0 Å². The van der Waals surface area contributed by atoms with E-state index >= 15 is 0 Å². The Morgan fingerprint density at radius 1 is 1.44 bits per heavy atom. The fraction of sp³-hybridized carbons (Fsp3) is 0.769. The second kappa shape index (κ2) is 3.79. The SMILES string of the molecule is C=C1CC2CCC1CN2C(=O)OC(C)(C)C. The zero-order valence-electron chi connectivity index (χ0n) is 10.5. The van der Waals surface area contributed by atoms with Gasteiger partial charge in [-0.15, -0.1) is 0 Å². The monoisotopic (exact) mass is 223 g/mol. The van der Waals surface area contributed by atoms with Crippen molar-refractivity contribution in [3.63, 3.8) is 0 Å². The van der Waals surface area contributed by atoms with Crippen LogP contribution in [0.15, 0.2) is 12.2 Å². The molecular formula is C13H21NO2. The third-order valence-electron chi connectivity index (χ3n) is 3.41. The van der Waals surface area contributed by atoms with E-state index in [4.69, 9.17) is 4.74 Å². The predicted octanol–water partition coefficient (Wildman–Crippen LogP) is 2.96. The normalized spacial score (nSPS) is 29.4. The minimum Gasteiger partial charge on any atom is -0.444 e. The molecule has 1 amide bonds. The van der Waals surface area contributed by atoms with E-state index in [0.717, 1.165) is 19.4 Å². The van der Waals surface area contributed by atoms with Crippen LogP contribution in [0.4, 0.5) is 4.79 Å². The van der Waals surface area contributed by atoms with Crippen molar-refractivity contribution in [3.05, 3.63) is 12.2 Å². The lowest BCUT2D eigenvalue weighted by molar-refractivity contribution is -0.00223. The van der Waals surface area contributed by atoms with Crippen molar-refractivity contribution < 1.29 is 9.53 Å². The van der Waals surface area contributed by atoms with Crippen molar-refractivity contribution in [2.45, 2.75) is 51.7 Å². The number of hydrogen-bond donors (Lipinski definition) is 0. The molecule has 0 spiro atoms. The summed E-state index contributed by atoms with van der Waals surface area (Å²) in [5, 5.41) is 0. The Morgan fingerprint density at radius 3 is 2.56 bits per heavy atom. The third kappa shape index (κ3) is 2.23. The van der Waals surface area contributed by atoms with Gasteiger partial charge in [-0.05, 0) is 46.0 Å². The lowest BCUT2D eigenvalue weighted by Crippen LogP contribution is -2.52. The molecule has 3 heteroatoms. The van der Waals surface area contributed by atoms with Crippen molar-refractivity contribution in [3.8, 4) is 0 Å². The summed E-state index contributed by atoms with van der Waals surface area (Å²) in [6.07, 6.45) is 3.09. The van der Waals surface area contributed by atoms with Gasteiger partial charge in [0.05, 0.1) is 0 Å². The van der Waals surface area contributed by atoms with Crippen LogP contribution in [-0.4, -0.2) is 29.2 Å². The number of hydrogen-bond acceptors (Lipinski definition) is 2. The van der Waals surface area contributed by atoms with Crippen LogP contribution in [0.5, 0.6) is 0 Å². The number of carbonyl (C=O) groups is 1. The van der Waals surface area contributed by atoms with Gasteiger partial charge in [0, 0.05) is 12.6 Å². The summed E-state index contributed by atoms with van der Waals surface area (Å²) in [6.45, 7) is 10.6. The quantitative estimate of drug-likeness (QED) is 0.591. The van der Waals surface area contributed by atoms with Crippen molar-refractivity contribution in [2.24, 2.45) is 5.92 Å². The van der Waals surface area contributed by atoms with Crippen LogP contribution in [-0.2, 0) is 4.74 Å². The zero-order valence-corrected chi connectivity index (χ0v) is 10.5. The number of carbonyl (C=O) groups excluding carboxylic acids is 1. The molecule has 2 unspecified atom stereocenters. The molecule has 2 saturated heterocycles. The van der Waals surface area contributed by atoms with Crippen LogP contribution >= 0.6 is 0 Å². The highest BCUT2D eigenvalue weighted by Crippen LogP contribution is 2.38. The summed E-state index contributed by atoms with van der Waals surface area (Å²) >= 11 is 0. The molecule has 0 aromatic heterocycles. The molecule has 0 N–H and O–H groups in total. The maximum atomic E-state index is 12.0. The highest BCUT2D eigenvalue weighted by molar-refractivity contribution is 5.69. The average molecular weight is 223 g/mol. The van der Waals surface area contributed by atoms with Crippen LogP contribution in [0.2, 0.25) is 0 Å². The molecule has 1 aliphatic carbocycles. The molecule has 3 rings (SSSR count). The van der Waals surface area contributed by atoms with Gasteiger partial charge >= 0.3 is 6.09 Å². The summed E-state index contributed by atoms with van der Waals surface area (Å²) in [6, 6.07) is 0.326. The molecule has 0 aromatic carbocycles. The fourth-order valence-corrected chi connectivity index (χ4v) is 2.59. The standard InChI is InChI=1S/C13H21NO2/c1-9-7-11-6-5-10(9)8-14(11)12(15)16-13(2,3)4/h10-11H,1,5-8H2,2-4H3. The smallest absolute Gasteiger partial charge is 0.410 e. The van der Waals surface area contributed by atoms with Gasteiger partial charge in [-0.2, -0.15) is 0 Å². The summed E-state index contributed by atoms with van der Waals surface area (Å²) in [5.41, 5.74) is 0.918. The van der Waals surface area contributed by atoms with Crippen molar-refractivity contribution >= 4 is 6.09 Å². The molecule has 3 aliphatic rings. The Kier molecular flexibility index (Phi) is 2.72. The molecule has 0 aromatic rings. The van der Waals surface area contributed by atoms with Crippen molar-refractivity contribution in [2.75, 3.05) is 6.54 Å². The van der Waals surface area contributed by atoms with Crippen LogP contribution in [0, 0.1) is 5.92 Å². The van der Waals surface area contributed by atoms with Crippen molar-refractivity contribution in [1.29, 1.82) is 0 Å². The summed E-state index contributed by atoms with van der Waals surface area (Å²) in [4.78, 5) is 13.9. The Labute approximate surface area is 97.5 Å². The molecule has 16 heavy (non-hydrogen) atoms. The minimum atomic E-state index is -0.398. The summed E-state index contributed by atoms with van der Waals surface area (Å²) in [7, 11) is 0. The first kappa shape index (κ1) is 11.5. The molecule has 2 atom stereocenters. The van der Waals surface area contributed by atoms with E-state index in [1.54, 1.807) is 0 Å². The first-order valence-electron chi connectivity index (χ1n) is 6.04. The van der Waals surface area contributed by atoms with Crippen molar-refractivity contribution in [1.82, 2.24) is 4.90 Å². The van der Waals surface area contributed by atoms with Gasteiger partial charge in [0.25, 0.3) is 0 Å². The molecule has 1 saturated carbocycles. The number of fused-ring (bicyclic) bond motifs is 3. The first-order valence-corrected chi connectivity index (χ1v) is 6.04. The number of amides is 1. The van der Waals surface area contributed by atoms with Gasteiger partial charge in [0.15, 0.2) is 0 Å². The van der Waals surface area contributed by atoms with E-state index in [1.165, 1.54) is 12.0 Å². The van der Waals surface area contributed by atoms with E-state index in [2.05, 4.69) is 6.58 Å². The van der Waals surface area contributed by atoms with E-state index in [-0.39, 0.29) is 6.09 Å². The second-order valence-electron chi connectivity index (χ2n) is 5.92. The van der Waals surface area contributed by atoms with Crippen LogP contribution < -0.4 is 0 Å². The van der Waals surface area contributed by atoms with E-state index < -0.39 is 5.60 Å². The van der Waals surface area contributed by atoms with Gasteiger partial charge in [-0.25, -0.2) is 4.79 Å². The van der Waals surface area contributed by atoms with Gasteiger partial charge in [-0.3, -0.25) is 0 Å².